The Morgan fingerprint density at radius 3 is 3.14 bits per heavy atom. The van der Waals surface area contributed by atoms with E-state index >= 15 is 0 Å². The number of hydrogen-bond donors (Lipinski definition) is 1. The fourth-order valence-electron chi connectivity index (χ4n) is 2.76. The van der Waals surface area contributed by atoms with Crippen molar-refractivity contribution in [2.24, 2.45) is 0 Å². The highest BCUT2D eigenvalue weighted by Crippen LogP contribution is 2.28. The fraction of sp³-hybridized carbons (Fsp3) is 0.294. The van der Waals surface area contributed by atoms with Crippen LogP contribution in [0.3, 0.4) is 0 Å². The monoisotopic (exact) mass is 297 g/mol. The van der Waals surface area contributed by atoms with Crippen molar-refractivity contribution in [1.29, 1.82) is 0 Å². The van der Waals surface area contributed by atoms with Crippen molar-refractivity contribution in [2.45, 2.75) is 12.3 Å². The van der Waals surface area contributed by atoms with Gasteiger partial charge in [0.05, 0.1) is 5.56 Å². The van der Waals surface area contributed by atoms with Crippen molar-refractivity contribution in [3.63, 3.8) is 0 Å². The molecule has 1 saturated heterocycles. The largest absolute Gasteiger partial charge is 0.489 e. The number of carbonyl (C=O) groups excluding carboxylic acids is 1. The zero-order chi connectivity index (χ0) is 15.4. The molecule has 0 radical (unpaired) electrons. The summed E-state index contributed by atoms with van der Waals surface area (Å²) >= 11 is 0. The van der Waals surface area contributed by atoms with Crippen LogP contribution in [0.5, 0.6) is 5.75 Å². The second-order valence-electron chi connectivity index (χ2n) is 5.31. The van der Waals surface area contributed by atoms with Crippen molar-refractivity contribution in [2.75, 3.05) is 19.7 Å². The molecule has 1 fully saturated rings. The highest BCUT2D eigenvalue weighted by Gasteiger charge is 2.30. The van der Waals surface area contributed by atoms with Crippen LogP contribution in [0.1, 0.15) is 28.5 Å². The number of aromatic nitrogens is 2. The minimum absolute atomic E-state index is 0.00807. The highest BCUT2D eigenvalue weighted by atomic mass is 16.5. The van der Waals surface area contributed by atoms with E-state index in [1.807, 2.05) is 29.3 Å². The van der Waals surface area contributed by atoms with Crippen molar-refractivity contribution < 1.29 is 9.53 Å². The summed E-state index contributed by atoms with van der Waals surface area (Å²) in [6, 6.07) is 7.34. The molecule has 1 amide bonds. The number of nitrogens with zero attached hydrogens (tertiary/aromatic N) is 2. The van der Waals surface area contributed by atoms with Gasteiger partial charge < -0.3 is 14.6 Å². The van der Waals surface area contributed by atoms with Gasteiger partial charge in [-0.25, -0.2) is 4.98 Å². The van der Waals surface area contributed by atoms with E-state index in [4.69, 9.17) is 4.74 Å². The lowest BCUT2D eigenvalue weighted by Crippen LogP contribution is -2.29. The molecule has 2 aromatic rings. The van der Waals surface area contributed by atoms with Crippen LogP contribution in [0.2, 0.25) is 0 Å². The first-order valence-corrected chi connectivity index (χ1v) is 7.41. The molecule has 1 aromatic heterocycles. The molecule has 1 aliphatic rings. The Morgan fingerprint density at radius 1 is 1.50 bits per heavy atom. The number of carbonyl (C=O) groups is 1. The number of rotatable bonds is 5. The molecule has 3 rings (SSSR count). The van der Waals surface area contributed by atoms with Gasteiger partial charge >= 0.3 is 0 Å². The van der Waals surface area contributed by atoms with E-state index in [2.05, 4.69) is 16.5 Å². The van der Waals surface area contributed by atoms with E-state index in [-0.39, 0.29) is 11.8 Å². The molecule has 0 spiro atoms. The number of nitrogens with one attached hydrogen (secondary N) is 1. The number of likely N-dealkylation sites (tertiary alicyclic amines) is 1. The molecule has 114 valence electrons. The third-order valence-electron chi connectivity index (χ3n) is 3.86. The third kappa shape index (κ3) is 2.88. The first-order valence-electron chi connectivity index (χ1n) is 7.41. The van der Waals surface area contributed by atoms with Gasteiger partial charge in [0.25, 0.3) is 5.91 Å². The van der Waals surface area contributed by atoms with E-state index < -0.39 is 0 Å². The molecule has 1 aliphatic heterocycles. The summed E-state index contributed by atoms with van der Waals surface area (Å²) in [7, 11) is 0. The molecular weight excluding hydrogens is 278 g/mol. The topological polar surface area (TPSA) is 58.2 Å². The molecule has 0 saturated carbocycles. The van der Waals surface area contributed by atoms with Gasteiger partial charge in [-0.1, -0.05) is 24.8 Å². The van der Waals surface area contributed by atoms with Gasteiger partial charge in [0, 0.05) is 31.4 Å². The number of imidazole rings is 1. The lowest BCUT2D eigenvalue weighted by molar-refractivity contribution is 0.0786. The van der Waals surface area contributed by atoms with E-state index in [1.165, 1.54) is 0 Å². The van der Waals surface area contributed by atoms with Crippen molar-refractivity contribution >= 4 is 5.91 Å². The SMILES string of the molecule is C=CCOc1ccccc1C(=O)N1CC[C@@H](c2ncc[nH]2)C1. The summed E-state index contributed by atoms with van der Waals surface area (Å²) in [5.74, 6) is 1.84. The zero-order valence-corrected chi connectivity index (χ0v) is 12.4. The molecule has 1 aromatic carbocycles. The van der Waals surface area contributed by atoms with Crippen LogP contribution in [0.4, 0.5) is 0 Å². The van der Waals surface area contributed by atoms with Gasteiger partial charge in [-0.15, -0.1) is 0 Å². The highest BCUT2D eigenvalue weighted by molar-refractivity contribution is 5.97. The van der Waals surface area contributed by atoms with Gasteiger partial charge in [-0.2, -0.15) is 0 Å². The Morgan fingerprint density at radius 2 is 2.36 bits per heavy atom. The van der Waals surface area contributed by atoms with Crippen LogP contribution in [-0.4, -0.2) is 40.5 Å². The number of H-pyrrole nitrogens is 1. The van der Waals surface area contributed by atoms with Gasteiger partial charge in [-0.3, -0.25) is 4.79 Å². The molecule has 0 unspecified atom stereocenters. The Hall–Kier alpha value is -2.56. The van der Waals surface area contributed by atoms with E-state index in [0.29, 0.717) is 24.5 Å². The van der Waals surface area contributed by atoms with E-state index in [9.17, 15) is 4.79 Å². The van der Waals surface area contributed by atoms with Crippen LogP contribution in [0, 0.1) is 0 Å². The summed E-state index contributed by atoms with van der Waals surface area (Å²) in [5, 5.41) is 0. The molecule has 2 heterocycles. The second-order valence-corrected chi connectivity index (χ2v) is 5.31. The maximum absolute atomic E-state index is 12.7. The summed E-state index contributed by atoms with van der Waals surface area (Å²) in [5.41, 5.74) is 0.601. The van der Waals surface area contributed by atoms with Gasteiger partial charge in [0.15, 0.2) is 0 Å². The average molecular weight is 297 g/mol. The number of ether oxygens (including phenoxy) is 1. The number of hydrogen-bond acceptors (Lipinski definition) is 3. The molecule has 0 bridgehead atoms. The molecule has 1 N–H and O–H groups in total. The first kappa shape index (κ1) is 14.4. The lowest BCUT2D eigenvalue weighted by atomic mass is 10.1. The van der Waals surface area contributed by atoms with Crippen molar-refractivity contribution in [1.82, 2.24) is 14.9 Å². The predicted molar refractivity (Wildman–Crippen MR) is 84.0 cm³/mol. The van der Waals surface area contributed by atoms with Gasteiger partial charge in [-0.05, 0) is 18.6 Å². The molecule has 5 nitrogen and oxygen atoms in total. The summed E-state index contributed by atoms with van der Waals surface area (Å²) in [6.07, 6.45) is 6.16. The zero-order valence-electron chi connectivity index (χ0n) is 12.4. The van der Waals surface area contributed by atoms with Crippen LogP contribution < -0.4 is 4.74 Å². The molecule has 22 heavy (non-hydrogen) atoms. The number of amides is 1. The van der Waals surface area contributed by atoms with Crippen LogP contribution in [0.25, 0.3) is 0 Å². The Labute approximate surface area is 129 Å². The van der Waals surface area contributed by atoms with Crippen molar-refractivity contribution in [3.05, 3.63) is 60.7 Å². The molecule has 1 atom stereocenters. The molecule has 5 heteroatoms. The van der Waals surface area contributed by atoms with Crippen molar-refractivity contribution in [3.8, 4) is 5.75 Å². The summed E-state index contributed by atoms with van der Waals surface area (Å²) in [4.78, 5) is 22.0. The number of benzene rings is 1. The maximum atomic E-state index is 12.7. The molecular formula is C17H19N3O2. The minimum atomic E-state index is 0.00807. The second kappa shape index (κ2) is 6.47. The van der Waals surface area contributed by atoms with Crippen LogP contribution >= 0.6 is 0 Å². The number of aromatic amines is 1. The van der Waals surface area contributed by atoms with Crippen LogP contribution in [0.15, 0.2) is 49.3 Å². The first-order chi connectivity index (χ1) is 10.8. The maximum Gasteiger partial charge on any atom is 0.257 e. The van der Waals surface area contributed by atoms with E-state index in [0.717, 1.165) is 18.8 Å². The standard InChI is InChI=1S/C17H19N3O2/c1-2-11-22-15-6-4-3-5-14(15)17(21)20-10-7-13(12-20)16-18-8-9-19-16/h2-6,8-9,13H,1,7,10-12H2,(H,18,19)/t13-/m1/s1. The Balaban J connectivity index is 1.73. The lowest BCUT2D eigenvalue weighted by Gasteiger charge is -2.18. The average Bonchev–Trinajstić information content (AvgIpc) is 3.23. The summed E-state index contributed by atoms with van der Waals surface area (Å²) < 4.78 is 5.58. The fourth-order valence-corrected chi connectivity index (χ4v) is 2.76. The minimum Gasteiger partial charge on any atom is -0.489 e. The van der Waals surface area contributed by atoms with Crippen LogP contribution in [-0.2, 0) is 0 Å². The normalized spacial score (nSPS) is 17.5. The van der Waals surface area contributed by atoms with Gasteiger partial charge in [0.1, 0.15) is 18.2 Å². The molecule has 0 aliphatic carbocycles. The van der Waals surface area contributed by atoms with E-state index in [1.54, 1.807) is 18.3 Å². The third-order valence-corrected chi connectivity index (χ3v) is 3.86. The Kier molecular flexibility index (Phi) is 4.23. The predicted octanol–water partition coefficient (Wildman–Crippen LogP) is 2.60. The van der Waals surface area contributed by atoms with Gasteiger partial charge in [0.2, 0.25) is 0 Å². The summed E-state index contributed by atoms with van der Waals surface area (Å²) in [6.45, 7) is 5.44. The number of para-hydroxylation sites is 1. The quantitative estimate of drug-likeness (QED) is 0.863. The Bertz CT molecular complexity index is 652. The smallest absolute Gasteiger partial charge is 0.257 e.